The molecule has 0 bridgehead atoms. The molecule has 0 unspecified atom stereocenters. The average molecular weight is 494 g/mol. The predicted molar refractivity (Wildman–Crippen MR) is 117 cm³/mol. The minimum absolute atomic E-state index is 0.175. The van der Waals surface area contributed by atoms with E-state index >= 15 is 0 Å². The van der Waals surface area contributed by atoms with E-state index in [4.69, 9.17) is 16.7 Å². The fourth-order valence-electron chi connectivity index (χ4n) is 3.41. The number of nitrogens with zero attached hydrogens (tertiary/aromatic N) is 4. The van der Waals surface area contributed by atoms with Gasteiger partial charge in [0.05, 0.1) is 22.8 Å². The molecule has 2 aromatic heterocycles. The number of hydrogen-bond donors (Lipinski definition) is 2. The van der Waals surface area contributed by atoms with Crippen LogP contribution in [0.4, 0.5) is 24.7 Å². The molecule has 4 rings (SSSR count). The number of nitrogens with one attached hydrogen (secondary N) is 1. The number of aromatic nitrogens is 4. The van der Waals surface area contributed by atoms with Crippen molar-refractivity contribution in [1.29, 1.82) is 0 Å². The Hall–Kier alpha value is -4.06. The monoisotopic (exact) mass is 493 g/mol. The molecule has 2 N–H and O–H groups in total. The number of rotatable bonds is 6. The first-order valence-corrected chi connectivity index (χ1v) is 10.0. The van der Waals surface area contributed by atoms with Gasteiger partial charge in [-0.3, -0.25) is 18.8 Å². The molecule has 0 spiro atoms. The van der Waals surface area contributed by atoms with Gasteiger partial charge in [0.25, 0.3) is 5.56 Å². The van der Waals surface area contributed by atoms with Gasteiger partial charge in [0.1, 0.15) is 18.2 Å². The molecule has 9 nitrogen and oxygen atoms in total. The maximum absolute atomic E-state index is 14.3. The van der Waals surface area contributed by atoms with Crippen LogP contribution in [0.15, 0.2) is 46.1 Å². The summed E-state index contributed by atoms with van der Waals surface area (Å²) < 4.78 is 44.2. The fraction of sp³-hybridized carbons (Fsp3) is 0.143. The molecule has 34 heavy (non-hydrogen) atoms. The third kappa shape index (κ3) is 4.39. The molecule has 0 aliphatic carbocycles. The maximum atomic E-state index is 14.3. The summed E-state index contributed by atoms with van der Waals surface area (Å²) in [6.07, 6.45) is 1.70. The van der Waals surface area contributed by atoms with E-state index in [9.17, 15) is 27.6 Å². The topological polar surface area (TPSA) is 111 Å². The number of fused-ring (bicyclic) bond motifs is 1. The van der Waals surface area contributed by atoms with Crippen LogP contribution in [0.1, 0.15) is 5.56 Å². The third-order valence-corrected chi connectivity index (χ3v) is 5.27. The van der Waals surface area contributed by atoms with Crippen LogP contribution < -0.4 is 16.6 Å². The van der Waals surface area contributed by atoms with E-state index in [1.54, 1.807) is 30.1 Å². The van der Waals surface area contributed by atoms with E-state index in [1.807, 2.05) is 0 Å². The summed E-state index contributed by atoms with van der Waals surface area (Å²) in [4.78, 5) is 36.6. The molecule has 0 radical (unpaired) electrons. The first kappa shape index (κ1) is 23.1. The summed E-state index contributed by atoms with van der Waals surface area (Å²) in [5.74, 6) is -5.54. The Morgan fingerprint density at radius 2 is 1.76 bits per heavy atom. The second-order valence-corrected chi connectivity index (χ2v) is 7.80. The minimum atomic E-state index is -1.46. The van der Waals surface area contributed by atoms with Crippen molar-refractivity contribution in [3.63, 3.8) is 0 Å². The Bertz CT molecular complexity index is 1580. The fourth-order valence-corrected chi connectivity index (χ4v) is 3.62. The number of anilines is 2. The zero-order chi connectivity index (χ0) is 24.7. The van der Waals surface area contributed by atoms with E-state index in [2.05, 4.69) is 10.4 Å². The lowest BCUT2D eigenvalue weighted by Crippen LogP contribution is -2.42. The van der Waals surface area contributed by atoms with Crippen LogP contribution in [0.2, 0.25) is 5.02 Å². The molecule has 0 amide bonds. The molecule has 0 saturated carbocycles. The minimum Gasteiger partial charge on any atom is -0.480 e. The summed E-state index contributed by atoms with van der Waals surface area (Å²) in [5.41, 5.74) is -1.62. The zero-order valence-corrected chi connectivity index (χ0v) is 18.1. The highest BCUT2D eigenvalue weighted by atomic mass is 35.5. The molecular weight excluding hydrogens is 479 g/mol. The van der Waals surface area contributed by atoms with Crippen LogP contribution in [0.5, 0.6) is 0 Å². The van der Waals surface area contributed by atoms with Crippen molar-refractivity contribution in [2.24, 2.45) is 7.05 Å². The van der Waals surface area contributed by atoms with E-state index in [1.165, 1.54) is 0 Å². The van der Waals surface area contributed by atoms with Crippen LogP contribution in [-0.4, -0.2) is 30.0 Å². The Labute approximate surface area is 193 Å². The maximum Gasteiger partial charge on any atom is 0.333 e. The second kappa shape index (κ2) is 8.71. The van der Waals surface area contributed by atoms with Gasteiger partial charge in [-0.1, -0.05) is 11.6 Å². The highest BCUT2D eigenvalue weighted by Crippen LogP contribution is 2.30. The molecule has 2 aromatic carbocycles. The van der Waals surface area contributed by atoms with Gasteiger partial charge < -0.3 is 10.4 Å². The van der Waals surface area contributed by atoms with Gasteiger partial charge in [-0.15, -0.1) is 0 Å². The first-order chi connectivity index (χ1) is 16.0. The van der Waals surface area contributed by atoms with Crippen LogP contribution in [0.25, 0.3) is 10.9 Å². The molecule has 0 saturated heterocycles. The van der Waals surface area contributed by atoms with E-state index < -0.39 is 53.3 Å². The molecular formula is C21H15ClF3N5O4. The molecule has 0 aliphatic rings. The van der Waals surface area contributed by atoms with E-state index in [0.717, 1.165) is 10.6 Å². The number of carboxylic acid groups (broad SMARTS) is 1. The van der Waals surface area contributed by atoms with Gasteiger partial charge in [-0.2, -0.15) is 5.10 Å². The summed E-state index contributed by atoms with van der Waals surface area (Å²) in [5, 5.41) is 16.9. The van der Waals surface area contributed by atoms with Gasteiger partial charge in [0.15, 0.2) is 11.6 Å². The van der Waals surface area contributed by atoms with Crippen LogP contribution in [0, 0.1) is 17.5 Å². The lowest BCUT2D eigenvalue weighted by Gasteiger charge is -2.17. The summed E-state index contributed by atoms with van der Waals surface area (Å²) in [6, 6.07) is 4.96. The van der Waals surface area contributed by atoms with Crippen molar-refractivity contribution in [2.75, 3.05) is 5.32 Å². The molecule has 176 valence electrons. The molecule has 0 aliphatic heterocycles. The molecule has 0 fully saturated rings. The summed E-state index contributed by atoms with van der Waals surface area (Å²) in [7, 11) is 1.71. The quantitative estimate of drug-likeness (QED) is 0.400. The van der Waals surface area contributed by atoms with Crippen molar-refractivity contribution >= 4 is 40.0 Å². The van der Waals surface area contributed by atoms with Crippen molar-refractivity contribution in [3.05, 3.63) is 85.4 Å². The van der Waals surface area contributed by atoms with Crippen LogP contribution in [0.3, 0.4) is 0 Å². The molecule has 4 aromatic rings. The van der Waals surface area contributed by atoms with E-state index in [0.29, 0.717) is 27.6 Å². The van der Waals surface area contributed by atoms with Crippen molar-refractivity contribution in [1.82, 2.24) is 18.9 Å². The smallest absolute Gasteiger partial charge is 0.333 e. The van der Waals surface area contributed by atoms with Crippen molar-refractivity contribution in [2.45, 2.75) is 13.1 Å². The van der Waals surface area contributed by atoms with Gasteiger partial charge in [-0.25, -0.2) is 22.5 Å². The number of aryl methyl sites for hydroxylation is 1. The largest absolute Gasteiger partial charge is 0.480 e. The average Bonchev–Trinajstić information content (AvgIpc) is 3.10. The number of halogens is 4. The summed E-state index contributed by atoms with van der Waals surface area (Å²) >= 11 is 6.31. The predicted octanol–water partition coefficient (Wildman–Crippen LogP) is 2.84. The number of benzene rings is 2. The van der Waals surface area contributed by atoms with Crippen molar-refractivity contribution in [3.8, 4) is 0 Å². The Morgan fingerprint density at radius 3 is 2.47 bits per heavy atom. The number of hydrogen-bond acceptors (Lipinski definition) is 5. The molecule has 13 heteroatoms. The third-order valence-electron chi connectivity index (χ3n) is 4.96. The normalized spacial score (nSPS) is 11.2. The van der Waals surface area contributed by atoms with Crippen molar-refractivity contribution < 1.29 is 23.1 Å². The first-order valence-electron chi connectivity index (χ1n) is 9.63. The van der Waals surface area contributed by atoms with Crippen LogP contribution >= 0.6 is 11.6 Å². The Kier molecular flexibility index (Phi) is 5.92. The van der Waals surface area contributed by atoms with Gasteiger partial charge in [0, 0.05) is 36.3 Å². The standard InChI is InChI=1S/C21H15ClF3N5O4/c1-28-7-11-3-17(12(22)4-16(11)27-28)26-18-6-19(31)30(9-20(32)33)21(34)29(18)8-10-2-14(24)15(25)5-13(10)23/h2-7,26H,8-9H2,1H3,(H,32,33). The second-order valence-electron chi connectivity index (χ2n) is 7.39. The number of carbonyl (C=O) groups is 1. The number of carboxylic acids is 1. The highest BCUT2D eigenvalue weighted by molar-refractivity contribution is 6.34. The van der Waals surface area contributed by atoms with Gasteiger partial charge in [0.2, 0.25) is 0 Å². The Morgan fingerprint density at radius 1 is 1.06 bits per heavy atom. The van der Waals surface area contributed by atoms with Crippen LogP contribution in [-0.2, 0) is 24.9 Å². The SMILES string of the molecule is Cn1cc2cc(Nc3cc(=O)n(CC(=O)O)c(=O)n3Cc3cc(F)c(F)cc3F)c(Cl)cc2n1. The highest BCUT2D eigenvalue weighted by Gasteiger charge is 2.18. The number of aliphatic carboxylic acids is 1. The Balaban J connectivity index is 1.87. The lowest BCUT2D eigenvalue weighted by atomic mass is 10.2. The lowest BCUT2D eigenvalue weighted by molar-refractivity contribution is -0.137. The molecule has 2 heterocycles. The van der Waals surface area contributed by atoms with E-state index in [-0.39, 0.29) is 16.5 Å². The molecule has 0 atom stereocenters. The summed E-state index contributed by atoms with van der Waals surface area (Å²) in [6.45, 7) is -1.60. The zero-order valence-electron chi connectivity index (χ0n) is 17.4. The van der Waals surface area contributed by atoms with Gasteiger partial charge in [-0.05, 0) is 18.2 Å². The van der Waals surface area contributed by atoms with Gasteiger partial charge >= 0.3 is 11.7 Å².